The molecule has 1 amide bonds. The lowest BCUT2D eigenvalue weighted by Gasteiger charge is -2.23. The Morgan fingerprint density at radius 2 is 1.86 bits per heavy atom. The van der Waals surface area contributed by atoms with E-state index in [-0.39, 0.29) is 17.6 Å². The van der Waals surface area contributed by atoms with Crippen LogP contribution < -0.4 is 5.32 Å². The third kappa shape index (κ3) is 7.26. The molecule has 1 N–H and O–H groups in total. The minimum Gasteiger partial charge on any atom is -0.459 e. The van der Waals surface area contributed by atoms with Crippen LogP contribution in [0.2, 0.25) is 0 Å². The number of nitrogens with zero attached hydrogens (tertiary/aromatic N) is 1. The van der Waals surface area contributed by atoms with Crippen molar-refractivity contribution in [3.63, 3.8) is 0 Å². The zero-order valence-corrected chi connectivity index (χ0v) is 17.5. The number of carbonyl (C=O) groups is 2. The standard InChI is InChI=1S/C20H22BrFN2O4/c1-20(2,3)28-19(26)24-16(11-14-9-10-15(22)17(21)23-14)18(25)27-12-13-7-5-4-6-8-13/h4-10,16H,11-12H2,1-3H3,(H,24,26). The number of rotatable bonds is 6. The van der Waals surface area contributed by atoms with Gasteiger partial charge >= 0.3 is 12.1 Å². The highest BCUT2D eigenvalue weighted by Gasteiger charge is 2.26. The van der Waals surface area contributed by atoms with E-state index in [0.29, 0.717) is 5.69 Å². The van der Waals surface area contributed by atoms with E-state index in [0.717, 1.165) is 5.56 Å². The smallest absolute Gasteiger partial charge is 0.408 e. The first-order valence-electron chi connectivity index (χ1n) is 8.65. The molecule has 0 saturated carbocycles. The maximum Gasteiger partial charge on any atom is 0.408 e. The molecule has 6 nitrogen and oxygen atoms in total. The molecular formula is C20H22BrFN2O4. The highest BCUT2D eigenvalue weighted by atomic mass is 79.9. The van der Waals surface area contributed by atoms with E-state index in [4.69, 9.17) is 9.47 Å². The summed E-state index contributed by atoms with van der Waals surface area (Å²) in [6, 6.07) is 10.8. The molecule has 28 heavy (non-hydrogen) atoms. The molecule has 0 aliphatic heterocycles. The summed E-state index contributed by atoms with van der Waals surface area (Å²) < 4.78 is 24.0. The van der Waals surface area contributed by atoms with Crippen molar-refractivity contribution in [2.24, 2.45) is 0 Å². The summed E-state index contributed by atoms with van der Waals surface area (Å²) in [6.07, 6.45) is -0.735. The summed E-state index contributed by atoms with van der Waals surface area (Å²) in [5, 5.41) is 2.51. The van der Waals surface area contributed by atoms with Gasteiger partial charge in [0.25, 0.3) is 0 Å². The fraction of sp³-hybridized carbons (Fsp3) is 0.350. The Morgan fingerprint density at radius 1 is 1.18 bits per heavy atom. The van der Waals surface area contributed by atoms with Crippen LogP contribution in [0, 0.1) is 5.82 Å². The first kappa shape index (κ1) is 21.8. The number of hydrogen-bond donors (Lipinski definition) is 1. The molecule has 1 atom stereocenters. The Labute approximate surface area is 171 Å². The Hall–Kier alpha value is -2.48. The molecule has 0 spiro atoms. The van der Waals surface area contributed by atoms with Crippen molar-refractivity contribution in [2.45, 2.75) is 45.4 Å². The molecule has 2 rings (SSSR count). The van der Waals surface area contributed by atoms with Crippen molar-refractivity contribution < 1.29 is 23.5 Å². The van der Waals surface area contributed by atoms with Crippen LogP contribution in [-0.2, 0) is 27.3 Å². The molecule has 0 saturated heterocycles. The molecule has 8 heteroatoms. The van der Waals surface area contributed by atoms with E-state index in [1.54, 1.807) is 20.8 Å². The van der Waals surface area contributed by atoms with Gasteiger partial charge in [-0.1, -0.05) is 30.3 Å². The third-order valence-electron chi connectivity index (χ3n) is 3.47. The summed E-state index contributed by atoms with van der Waals surface area (Å²) in [4.78, 5) is 28.7. The molecule has 0 bridgehead atoms. The summed E-state index contributed by atoms with van der Waals surface area (Å²) in [5.41, 5.74) is 0.500. The van der Waals surface area contributed by atoms with E-state index in [2.05, 4.69) is 26.2 Å². The Balaban J connectivity index is 2.10. The van der Waals surface area contributed by atoms with Crippen LogP contribution in [-0.4, -0.2) is 28.7 Å². The van der Waals surface area contributed by atoms with Gasteiger partial charge in [-0.3, -0.25) is 0 Å². The van der Waals surface area contributed by atoms with Gasteiger partial charge in [0.15, 0.2) is 5.82 Å². The number of benzene rings is 1. The van der Waals surface area contributed by atoms with Crippen LogP contribution >= 0.6 is 15.9 Å². The zero-order chi connectivity index (χ0) is 20.7. The van der Waals surface area contributed by atoms with Gasteiger partial charge in [0, 0.05) is 12.1 Å². The van der Waals surface area contributed by atoms with Crippen molar-refractivity contribution in [3.8, 4) is 0 Å². The van der Waals surface area contributed by atoms with Crippen LogP contribution in [0.3, 0.4) is 0 Å². The van der Waals surface area contributed by atoms with E-state index < -0.39 is 29.5 Å². The number of ether oxygens (including phenoxy) is 2. The molecule has 0 fully saturated rings. The van der Waals surface area contributed by atoms with Gasteiger partial charge in [0.2, 0.25) is 0 Å². The number of pyridine rings is 1. The average Bonchev–Trinajstić information content (AvgIpc) is 2.61. The molecule has 0 aliphatic rings. The Morgan fingerprint density at radius 3 is 2.46 bits per heavy atom. The number of amides is 1. The maximum atomic E-state index is 13.4. The number of halogens is 2. The molecule has 0 aliphatic carbocycles. The van der Waals surface area contributed by atoms with Crippen LogP contribution in [0.4, 0.5) is 9.18 Å². The normalized spacial score (nSPS) is 12.2. The van der Waals surface area contributed by atoms with Crippen molar-refractivity contribution in [1.82, 2.24) is 10.3 Å². The number of alkyl carbamates (subject to hydrolysis) is 1. The molecule has 1 aromatic heterocycles. The minimum absolute atomic E-state index is 0.0196. The number of carbonyl (C=O) groups excluding carboxylic acids is 2. The summed E-state index contributed by atoms with van der Waals surface area (Å²) in [5.74, 6) is -1.16. The van der Waals surface area contributed by atoms with Crippen LogP contribution in [0.25, 0.3) is 0 Å². The predicted molar refractivity (Wildman–Crippen MR) is 105 cm³/mol. The molecule has 1 aromatic carbocycles. The van der Waals surface area contributed by atoms with Gasteiger partial charge < -0.3 is 14.8 Å². The molecule has 2 aromatic rings. The second kappa shape index (κ2) is 9.64. The molecule has 150 valence electrons. The lowest BCUT2D eigenvalue weighted by molar-refractivity contribution is -0.147. The zero-order valence-electron chi connectivity index (χ0n) is 15.9. The third-order valence-corrected chi connectivity index (χ3v) is 4.03. The second-order valence-corrected chi connectivity index (χ2v) is 7.82. The first-order chi connectivity index (χ1) is 13.1. The van der Waals surface area contributed by atoms with Crippen LogP contribution in [0.5, 0.6) is 0 Å². The molecule has 1 unspecified atom stereocenters. The lowest BCUT2D eigenvalue weighted by atomic mass is 10.1. The van der Waals surface area contributed by atoms with Gasteiger partial charge in [-0.15, -0.1) is 0 Å². The van der Waals surface area contributed by atoms with Gasteiger partial charge in [-0.25, -0.2) is 19.0 Å². The van der Waals surface area contributed by atoms with E-state index >= 15 is 0 Å². The number of aromatic nitrogens is 1. The maximum absolute atomic E-state index is 13.4. The average molecular weight is 453 g/mol. The van der Waals surface area contributed by atoms with Gasteiger partial charge in [0.05, 0.1) is 0 Å². The Bertz CT molecular complexity index is 825. The number of esters is 1. The van der Waals surface area contributed by atoms with Gasteiger partial charge in [0.1, 0.15) is 22.9 Å². The van der Waals surface area contributed by atoms with Crippen molar-refractivity contribution in [2.75, 3.05) is 0 Å². The number of hydrogen-bond acceptors (Lipinski definition) is 5. The Kier molecular flexibility index (Phi) is 7.51. The van der Waals surface area contributed by atoms with E-state index in [1.165, 1.54) is 12.1 Å². The largest absolute Gasteiger partial charge is 0.459 e. The SMILES string of the molecule is CC(C)(C)OC(=O)NC(Cc1ccc(F)c(Br)n1)C(=O)OCc1ccccc1. The summed E-state index contributed by atoms with van der Waals surface area (Å²) in [6.45, 7) is 5.21. The van der Waals surface area contributed by atoms with Crippen LogP contribution in [0.1, 0.15) is 32.0 Å². The fourth-order valence-electron chi connectivity index (χ4n) is 2.25. The van der Waals surface area contributed by atoms with E-state index in [9.17, 15) is 14.0 Å². The second-order valence-electron chi connectivity index (χ2n) is 7.07. The van der Waals surface area contributed by atoms with Crippen molar-refractivity contribution >= 4 is 28.0 Å². The van der Waals surface area contributed by atoms with Gasteiger partial charge in [-0.2, -0.15) is 0 Å². The number of nitrogens with one attached hydrogen (secondary N) is 1. The monoisotopic (exact) mass is 452 g/mol. The quantitative estimate of drug-likeness (QED) is 0.525. The van der Waals surface area contributed by atoms with Gasteiger partial charge in [-0.05, 0) is 54.4 Å². The van der Waals surface area contributed by atoms with Crippen molar-refractivity contribution in [1.29, 1.82) is 0 Å². The van der Waals surface area contributed by atoms with Crippen molar-refractivity contribution in [3.05, 3.63) is 64.1 Å². The van der Waals surface area contributed by atoms with E-state index in [1.807, 2.05) is 30.3 Å². The first-order valence-corrected chi connectivity index (χ1v) is 9.44. The van der Waals surface area contributed by atoms with Crippen LogP contribution in [0.15, 0.2) is 47.1 Å². The molecule has 0 radical (unpaired) electrons. The molecular weight excluding hydrogens is 431 g/mol. The lowest BCUT2D eigenvalue weighted by Crippen LogP contribution is -2.45. The highest BCUT2D eigenvalue weighted by molar-refractivity contribution is 9.10. The summed E-state index contributed by atoms with van der Waals surface area (Å²) >= 11 is 3.01. The highest BCUT2D eigenvalue weighted by Crippen LogP contribution is 2.15. The topological polar surface area (TPSA) is 77.5 Å². The summed E-state index contributed by atoms with van der Waals surface area (Å²) in [7, 11) is 0. The fourth-order valence-corrected chi connectivity index (χ4v) is 2.61. The predicted octanol–water partition coefficient (Wildman–Crippen LogP) is 4.16. The minimum atomic E-state index is -1.04. The molecule has 1 heterocycles.